The lowest BCUT2D eigenvalue weighted by molar-refractivity contribution is -0.227. The van der Waals surface area contributed by atoms with Crippen molar-refractivity contribution in [2.75, 3.05) is 0 Å². The maximum atomic E-state index is 15.1. The summed E-state index contributed by atoms with van der Waals surface area (Å²) in [6.07, 6.45) is 7.01. The molecule has 0 amide bonds. The minimum atomic E-state index is -2.53. The van der Waals surface area contributed by atoms with Gasteiger partial charge in [-0.3, -0.25) is 4.79 Å². The summed E-state index contributed by atoms with van der Waals surface area (Å²) in [5.41, 5.74) is -0.786. The van der Waals surface area contributed by atoms with Crippen LogP contribution in [-0.2, 0) is 4.79 Å². The summed E-state index contributed by atoms with van der Waals surface area (Å²) in [4.78, 5) is 11.8. The average Bonchev–Trinajstić information content (AvgIpc) is 2.85. The van der Waals surface area contributed by atoms with E-state index in [1.54, 1.807) is 0 Å². The number of hydrogen-bond acceptors (Lipinski definition) is 1. The predicted octanol–water partition coefficient (Wildman–Crippen LogP) is 5.23. The Labute approximate surface area is 132 Å². The van der Waals surface area contributed by atoms with Gasteiger partial charge >= 0.3 is 0 Å². The third-order valence-electron chi connectivity index (χ3n) is 8.42. The van der Waals surface area contributed by atoms with Crippen molar-refractivity contribution in [3.05, 3.63) is 0 Å². The lowest BCUT2D eigenvalue weighted by Crippen LogP contribution is -2.59. The van der Waals surface area contributed by atoms with Gasteiger partial charge in [0.05, 0.1) is 0 Å². The molecule has 0 unspecified atom stereocenters. The number of halogens is 2. The molecule has 4 aliphatic carbocycles. The van der Waals surface area contributed by atoms with Gasteiger partial charge in [0.2, 0.25) is 0 Å². The zero-order valence-corrected chi connectivity index (χ0v) is 13.8. The van der Waals surface area contributed by atoms with Crippen molar-refractivity contribution < 1.29 is 13.6 Å². The lowest BCUT2D eigenvalue weighted by atomic mass is 9.44. The molecule has 3 heteroatoms. The predicted molar refractivity (Wildman–Crippen MR) is 81.7 cm³/mol. The summed E-state index contributed by atoms with van der Waals surface area (Å²) >= 11 is 0. The third-order valence-corrected chi connectivity index (χ3v) is 8.42. The van der Waals surface area contributed by atoms with Crippen LogP contribution in [0.5, 0.6) is 0 Å². The van der Waals surface area contributed by atoms with Gasteiger partial charge in [-0.05, 0) is 61.2 Å². The molecule has 4 fully saturated rings. The number of Topliss-reactive ketones (excluding diaryl/α,β-unsaturated/α-hetero) is 1. The number of hydrogen-bond donors (Lipinski definition) is 0. The number of carbonyl (C=O) groups excluding carboxylic acids is 1. The molecule has 124 valence electrons. The first-order valence-electron chi connectivity index (χ1n) is 9.17. The Balaban J connectivity index is 1.71. The van der Waals surface area contributed by atoms with Crippen LogP contribution in [0.2, 0.25) is 0 Å². The third kappa shape index (κ3) is 1.77. The summed E-state index contributed by atoms with van der Waals surface area (Å²) in [5.74, 6) is -1.00. The van der Waals surface area contributed by atoms with Crippen LogP contribution in [0.4, 0.5) is 8.78 Å². The molecule has 0 spiro atoms. The Hall–Kier alpha value is -0.470. The zero-order valence-electron chi connectivity index (χ0n) is 13.8. The fourth-order valence-electron chi connectivity index (χ4n) is 6.94. The Morgan fingerprint density at radius 1 is 1.05 bits per heavy atom. The van der Waals surface area contributed by atoms with Crippen LogP contribution in [0.1, 0.15) is 71.6 Å². The quantitative estimate of drug-likeness (QED) is 0.598. The molecular weight excluding hydrogens is 282 g/mol. The highest BCUT2D eigenvalue weighted by molar-refractivity contribution is 5.79. The average molecular weight is 310 g/mol. The molecular formula is C19H28F2O. The standard InChI is InChI=1S/C19H28F2O/c1-17-9-7-13(22)10-12(17)5-6-14-15-4-3-8-18(15,2)19(20,21)11-16(14)17/h12,14-16H,3-11H2,1-2H3/t12-,14-,15-,16-,17-,18-/m0/s1. The van der Waals surface area contributed by atoms with Crippen LogP contribution in [0.15, 0.2) is 0 Å². The Morgan fingerprint density at radius 3 is 2.59 bits per heavy atom. The summed E-state index contributed by atoms with van der Waals surface area (Å²) in [5, 5.41) is 0. The molecule has 0 aliphatic heterocycles. The molecule has 0 saturated heterocycles. The van der Waals surface area contributed by atoms with Crippen molar-refractivity contribution in [3.8, 4) is 0 Å². The van der Waals surface area contributed by atoms with Crippen molar-refractivity contribution in [2.24, 2.45) is 34.5 Å². The highest BCUT2D eigenvalue weighted by Crippen LogP contribution is 2.69. The van der Waals surface area contributed by atoms with Gasteiger partial charge in [0.15, 0.2) is 0 Å². The maximum Gasteiger partial charge on any atom is 0.253 e. The van der Waals surface area contributed by atoms with Crippen LogP contribution >= 0.6 is 0 Å². The molecule has 0 radical (unpaired) electrons. The van der Waals surface area contributed by atoms with Crippen molar-refractivity contribution in [3.63, 3.8) is 0 Å². The molecule has 0 N–H and O–H groups in total. The summed E-state index contributed by atoms with van der Waals surface area (Å²) in [6.45, 7) is 4.09. The van der Waals surface area contributed by atoms with Gasteiger partial charge in [0.1, 0.15) is 5.78 Å². The van der Waals surface area contributed by atoms with Crippen molar-refractivity contribution in [2.45, 2.75) is 77.6 Å². The zero-order chi connectivity index (χ0) is 15.8. The molecule has 0 bridgehead atoms. The van der Waals surface area contributed by atoms with Crippen LogP contribution in [0.3, 0.4) is 0 Å². The Bertz CT molecular complexity index is 502. The molecule has 4 aliphatic rings. The molecule has 0 aromatic heterocycles. The number of ketones is 1. The SMILES string of the molecule is C[C@]12CCC(=O)C[C@@H]1CC[C@@H]1[C@@H]2CC(F)(F)[C@@]2(C)CCC[C@@H]12. The summed E-state index contributed by atoms with van der Waals surface area (Å²) < 4.78 is 30.1. The van der Waals surface area contributed by atoms with E-state index in [1.807, 2.05) is 6.92 Å². The van der Waals surface area contributed by atoms with Gasteiger partial charge in [-0.15, -0.1) is 0 Å². The van der Waals surface area contributed by atoms with Gasteiger partial charge in [-0.2, -0.15) is 0 Å². The van der Waals surface area contributed by atoms with Gasteiger partial charge < -0.3 is 0 Å². The van der Waals surface area contributed by atoms with E-state index >= 15 is 8.78 Å². The first kappa shape index (κ1) is 15.1. The topological polar surface area (TPSA) is 17.1 Å². The molecule has 0 aromatic rings. The smallest absolute Gasteiger partial charge is 0.253 e. The van der Waals surface area contributed by atoms with E-state index in [0.717, 1.165) is 32.1 Å². The number of rotatable bonds is 0. The monoisotopic (exact) mass is 310 g/mol. The highest BCUT2D eigenvalue weighted by atomic mass is 19.3. The minimum absolute atomic E-state index is 0.0236. The van der Waals surface area contributed by atoms with Crippen molar-refractivity contribution in [1.82, 2.24) is 0 Å². The van der Waals surface area contributed by atoms with E-state index in [9.17, 15) is 4.79 Å². The van der Waals surface area contributed by atoms with E-state index in [1.165, 1.54) is 0 Å². The number of fused-ring (bicyclic) bond motifs is 5. The molecule has 0 heterocycles. The number of carbonyl (C=O) groups is 1. The highest BCUT2D eigenvalue weighted by Gasteiger charge is 2.67. The van der Waals surface area contributed by atoms with Gasteiger partial charge in [0, 0.05) is 24.7 Å². The van der Waals surface area contributed by atoms with Crippen molar-refractivity contribution in [1.29, 1.82) is 0 Å². The summed E-state index contributed by atoms with van der Waals surface area (Å²) in [7, 11) is 0. The number of alkyl halides is 2. The second-order valence-corrected chi connectivity index (χ2v) is 9.12. The minimum Gasteiger partial charge on any atom is -0.300 e. The molecule has 22 heavy (non-hydrogen) atoms. The van der Waals surface area contributed by atoms with Gasteiger partial charge in [0.25, 0.3) is 5.92 Å². The maximum absolute atomic E-state index is 15.1. The van der Waals surface area contributed by atoms with Gasteiger partial charge in [-0.25, -0.2) is 8.78 Å². The molecule has 4 saturated carbocycles. The summed E-state index contributed by atoms with van der Waals surface area (Å²) in [6, 6.07) is 0. The first-order chi connectivity index (χ1) is 10.3. The van der Waals surface area contributed by atoms with Crippen LogP contribution in [0, 0.1) is 34.5 Å². The first-order valence-corrected chi connectivity index (χ1v) is 9.17. The van der Waals surface area contributed by atoms with Gasteiger partial charge in [-0.1, -0.05) is 20.3 Å². The van der Waals surface area contributed by atoms with E-state index in [4.69, 9.17) is 0 Å². The molecule has 4 rings (SSSR count). The molecule has 6 atom stereocenters. The van der Waals surface area contributed by atoms with Crippen LogP contribution in [-0.4, -0.2) is 11.7 Å². The largest absolute Gasteiger partial charge is 0.300 e. The second kappa shape index (κ2) is 4.54. The Kier molecular flexibility index (Phi) is 3.11. The molecule has 0 aromatic carbocycles. The van der Waals surface area contributed by atoms with E-state index in [-0.39, 0.29) is 23.7 Å². The van der Waals surface area contributed by atoms with Crippen molar-refractivity contribution >= 4 is 5.78 Å². The fraction of sp³-hybridized carbons (Fsp3) is 0.947. The lowest BCUT2D eigenvalue weighted by Gasteiger charge is -2.61. The van der Waals surface area contributed by atoms with Crippen LogP contribution in [0.25, 0.3) is 0 Å². The normalized spacial score (nSPS) is 53.5. The fourth-order valence-corrected chi connectivity index (χ4v) is 6.94. The van der Waals surface area contributed by atoms with E-state index in [2.05, 4.69) is 6.92 Å². The van der Waals surface area contributed by atoms with Crippen LogP contribution < -0.4 is 0 Å². The molecule has 1 nitrogen and oxygen atoms in total. The van der Waals surface area contributed by atoms with E-state index < -0.39 is 11.3 Å². The second-order valence-electron chi connectivity index (χ2n) is 9.12. The van der Waals surface area contributed by atoms with E-state index in [0.29, 0.717) is 36.9 Å². The Morgan fingerprint density at radius 2 is 1.82 bits per heavy atom.